The zero-order valence-corrected chi connectivity index (χ0v) is 7.87. The maximum Gasteiger partial charge on any atom is 0.392 e. The number of hydrogen-bond donors (Lipinski definition) is 1. The number of pyridine rings is 1. The van der Waals surface area contributed by atoms with Gasteiger partial charge in [-0.3, -0.25) is 0 Å². The first-order chi connectivity index (χ1) is 6.58. The molecule has 72 valence electrons. The van der Waals surface area contributed by atoms with Crippen LogP contribution < -0.4 is 0 Å². The van der Waals surface area contributed by atoms with Crippen molar-refractivity contribution < 1.29 is 14.3 Å². The lowest BCUT2D eigenvalue weighted by molar-refractivity contribution is 0.0656. The predicted molar refractivity (Wildman–Crippen MR) is 48.5 cm³/mol. The molecule has 2 aromatic heterocycles. The molecule has 2 heterocycles. The zero-order chi connectivity index (χ0) is 10.3. The van der Waals surface area contributed by atoms with Gasteiger partial charge in [-0.25, -0.2) is 9.78 Å². The Morgan fingerprint density at radius 3 is 2.93 bits per heavy atom. The van der Waals surface area contributed by atoms with Crippen LogP contribution in [0.5, 0.6) is 0 Å². The van der Waals surface area contributed by atoms with Crippen LogP contribution in [0.4, 0.5) is 0 Å². The van der Waals surface area contributed by atoms with Gasteiger partial charge in [0.1, 0.15) is 5.52 Å². The van der Waals surface area contributed by atoms with Gasteiger partial charge in [0.2, 0.25) is 0 Å². The van der Waals surface area contributed by atoms with Gasteiger partial charge >= 0.3 is 11.9 Å². The van der Waals surface area contributed by atoms with E-state index in [0.717, 1.165) is 0 Å². The number of carboxylic acid groups (broad SMARTS) is 1. The molecule has 0 unspecified atom stereocenters. The predicted octanol–water partition coefficient (Wildman–Crippen LogP) is 1.88. The third-order valence-electron chi connectivity index (χ3n) is 1.65. The number of hydrogen-bond acceptors (Lipinski definition) is 4. The summed E-state index contributed by atoms with van der Waals surface area (Å²) in [6.45, 7) is 1.73. The fourth-order valence-electron chi connectivity index (χ4n) is 1.10. The summed E-state index contributed by atoms with van der Waals surface area (Å²) in [7, 11) is 0. The molecule has 5 nitrogen and oxygen atoms in total. The average molecular weight is 213 g/mol. The molecule has 0 radical (unpaired) electrons. The molecule has 1 N–H and O–H groups in total. The number of aromatic carboxylic acids is 1. The highest BCUT2D eigenvalue weighted by atomic mass is 35.5. The van der Waals surface area contributed by atoms with Gasteiger partial charge in [0.05, 0.1) is 0 Å². The second-order valence-electron chi connectivity index (χ2n) is 2.73. The number of fused-ring (bicyclic) bond motifs is 1. The molecule has 2 aromatic rings. The Labute approximate surface area is 83.3 Å². The number of oxazole rings is 1. The van der Waals surface area contributed by atoms with E-state index in [-0.39, 0.29) is 16.6 Å². The highest BCUT2D eigenvalue weighted by molar-refractivity contribution is 6.33. The monoisotopic (exact) mass is 212 g/mol. The topological polar surface area (TPSA) is 76.2 Å². The standard InChI is InChI=1S/C8H5ClN2O3/c1-3-2-4-5(6(9)10-3)11-7(14-4)8(12)13/h2H,1H3,(H,12,13). The van der Waals surface area contributed by atoms with E-state index in [0.29, 0.717) is 11.3 Å². The Morgan fingerprint density at radius 2 is 2.29 bits per heavy atom. The third-order valence-corrected chi connectivity index (χ3v) is 1.91. The van der Waals surface area contributed by atoms with Crippen molar-refractivity contribution >= 4 is 28.7 Å². The van der Waals surface area contributed by atoms with Crippen molar-refractivity contribution in [2.75, 3.05) is 0 Å². The Kier molecular flexibility index (Phi) is 1.89. The van der Waals surface area contributed by atoms with Crippen LogP contribution in [0.2, 0.25) is 5.15 Å². The van der Waals surface area contributed by atoms with Gasteiger partial charge in [-0.15, -0.1) is 0 Å². The number of rotatable bonds is 1. The first kappa shape index (κ1) is 8.96. The lowest BCUT2D eigenvalue weighted by Crippen LogP contribution is -1.94. The summed E-state index contributed by atoms with van der Waals surface area (Å²) >= 11 is 5.75. The molecule has 6 heteroatoms. The van der Waals surface area contributed by atoms with Crippen LogP contribution in [0.1, 0.15) is 16.4 Å². The van der Waals surface area contributed by atoms with Crippen molar-refractivity contribution in [2.45, 2.75) is 6.92 Å². The van der Waals surface area contributed by atoms with Crippen molar-refractivity contribution in [3.05, 3.63) is 22.8 Å². The highest BCUT2D eigenvalue weighted by Gasteiger charge is 2.15. The van der Waals surface area contributed by atoms with Gasteiger partial charge in [0.15, 0.2) is 10.7 Å². The molecule has 2 rings (SSSR count). The van der Waals surface area contributed by atoms with E-state index in [1.165, 1.54) is 0 Å². The SMILES string of the molecule is Cc1cc2oc(C(=O)O)nc2c(Cl)n1. The van der Waals surface area contributed by atoms with Gasteiger partial charge in [0.25, 0.3) is 0 Å². The molecule has 0 atom stereocenters. The first-order valence-corrected chi connectivity index (χ1v) is 4.12. The molecule has 14 heavy (non-hydrogen) atoms. The number of aromatic nitrogens is 2. The van der Waals surface area contributed by atoms with E-state index in [1.54, 1.807) is 13.0 Å². The minimum Gasteiger partial charge on any atom is -0.474 e. The molecule has 0 aliphatic rings. The molecule has 0 spiro atoms. The molecule has 0 saturated carbocycles. The summed E-state index contributed by atoms with van der Waals surface area (Å²) in [4.78, 5) is 18.2. The minimum atomic E-state index is -1.23. The van der Waals surface area contributed by atoms with Crippen molar-refractivity contribution in [1.29, 1.82) is 0 Å². The van der Waals surface area contributed by atoms with Crippen LogP contribution in [0.3, 0.4) is 0 Å². The van der Waals surface area contributed by atoms with Crippen molar-refractivity contribution in [1.82, 2.24) is 9.97 Å². The van der Waals surface area contributed by atoms with Crippen LogP contribution >= 0.6 is 11.6 Å². The molecule has 0 bridgehead atoms. The van der Waals surface area contributed by atoms with Crippen LogP contribution in [-0.4, -0.2) is 21.0 Å². The quantitative estimate of drug-likeness (QED) is 0.731. The number of aryl methyl sites for hydroxylation is 1. The largest absolute Gasteiger partial charge is 0.474 e. The minimum absolute atomic E-state index is 0.149. The molecule has 0 amide bonds. The van der Waals surface area contributed by atoms with E-state index in [4.69, 9.17) is 21.1 Å². The molecule has 0 fully saturated rings. The van der Waals surface area contributed by atoms with Gasteiger partial charge < -0.3 is 9.52 Å². The summed E-state index contributed by atoms with van der Waals surface area (Å²) in [6.07, 6.45) is 0. The molecule has 0 aromatic carbocycles. The number of halogens is 1. The van der Waals surface area contributed by atoms with Crippen LogP contribution in [-0.2, 0) is 0 Å². The van der Waals surface area contributed by atoms with Gasteiger partial charge in [-0.05, 0) is 6.92 Å². The van der Waals surface area contributed by atoms with Crippen LogP contribution in [0.15, 0.2) is 10.5 Å². The Bertz CT molecular complexity index is 521. The summed E-state index contributed by atoms with van der Waals surface area (Å²) in [5.74, 6) is -1.61. The van der Waals surface area contributed by atoms with Gasteiger partial charge in [-0.2, -0.15) is 4.98 Å². The molecule has 0 aliphatic carbocycles. The molecule has 0 aliphatic heterocycles. The van der Waals surface area contributed by atoms with E-state index >= 15 is 0 Å². The summed E-state index contributed by atoms with van der Waals surface area (Å²) in [5, 5.41) is 8.78. The van der Waals surface area contributed by atoms with Crippen LogP contribution in [0.25, 0.3) is 11.1 Å². The summed E-state index contributed by atoms with van der Waals surface area (Å²) < 4.78 is 4.96. The second-order valence-corrected chi connectivity index (χ2v) is 3.08. The Morgan fingerprint density at radius 1 is 1.57 bits per heavy atom. The van der Waals surface area contributed by atoms with E-state index in [9.17, 15) is 4.79 Å². The van der Waals surface area contributed by atoms with Gasteiger partial charge in [-0.1, -0.05) is 11.6 Å². The normalized spacial score (nSPS) is 10.7. The second kappa shape index (κ2) is 2.95. The van der Waals surface area contributed by atoms with Crippen molar-refractivity contribution in [3.8, 4) is 0 Å². The lowest BCUT2D eigenvalue weighted by Gasteiger charge is -1.91. The van der Waals surface area contributed by atoms with Crippen LogP contribution in [0, 0.1) is 6.92 Å². The molecular weight excluding hydrogens is 208 g/mol. The zero-order valence-electron chi connectivity index (χ0n) is 7.11. The van der Waals surface area contributed by atoms with Gasteiger partial charge in [0, 0.05) is 11.8 Å². The Balaban J connectivity index is 2.76. The Hall–Kier alpha value is -1.62. The first-order valence-electron chi connectivity index (χ1n) is 3.75. The van der Waals surface area contributed by atoms with E-state index in [2.05, 4.69) is 9.97 Å². The average Bonchev–Trinajstić information content (AvgIpc) is 2.47. The summed E-state index contributed by atoms with van der Waals surface area (Å²) in [6, 6.07) is 1.58. The lowest BCUT2D eigenvalue weighted by atomic mass is 10.3. The number of carboxylic acids is 1. The molecule has 0 saturated heterocycles. The number of carbonyl (C=O) groups is 1. The van der Waals surface area contributed by atoms with Crippen molar-refractivity contribution in [2.24, 2.45) is 0 Å². The maximum atomic E-state index is 10.5. The van der Waals surface area contributed by atoms with E-state index < -0.39 is 5.97 Å². The third kappa shape index (κ3) is 1.31. The number of nitrogens with zero attached hydrogens (tertiary/aromatic N) is 2. The van der Waals surface area contributed by atoms with E-state index in [1.807, 2.05) is 0 Å². The fraction of sp³-hybridized carbons (Fsp3) is 0.125. The fourth-order valence-corrected chi connectivity index (χ4v) is 1.37. The van der Waals surface area contributed by atoms with Crippen molar-refractivity contribution in [3.63, 3.8) is 0 Å². The maximum absolute atomic E-state index is 10.5. The highest BCUT2D eigenvalue weighted by Crippen LogP contribution is 2.22. The molecular formula is C8H5ClN2O3. The summed E-state index contributed by atoms with van der Waals surface area (Å²) in [5.41, 5.74) is 1.25. The smallest absolute Gasteiger partial charge is 0.392 e.